The lowest BCUT2D eigenvalue weighted by Gasteiger charge is -2.37. The van der Waals surface area contributed by atoms with Gasteiger partial charge in [-0.3, -0.25) is 9.69 Å². The van der Waals surface area contributed by atoms with Crippen LogP contribution in [0.25, 0.3) is 0 Å². The Morgan fingerprint density at radius 2 is 2.07 bits per heavy atom. The zero-order valence-electron chi connectivity index (χ0n) is 16.6. The standard InChI is InChI=1S/C19H28F3N5O2/c1-2-16(28)26-6-3-12(4-7-26)17-24-18(29-25-17)14-9-15(13(20)10-23-14)27-8-5-19(21,22)11-27/h12-15,23H,2-11H2,1H3. The molecule has 0 aromatic carbocycles. The fourth-order valence-corrected chi connectivity index (χ4v) is 4.64. The maximum atomic E-state index is 14.4. The highest BCUT2D eigenvalue weighted by Gasteiger charge is 2.45. The molecular formula is C19H28F3N5O2. The molecule has 3 aliphatic rings. The number of rotatable bonds is 4. The minimum atomic E-state index is -2.74. The van der Waals surface area contributed by atoms with Crippen LogP contribution >= 0.6 is 0 Å². The van der Waals surface area contributed by atoms with Gasteiger partial charge in [-0.15, -0.1) is 0 Å². The Hall–Kier alpha value is -1.68. The quantitative estimate of drug-likeness (QED) is 0.813. The Kier molecular flexibility index (Phi) is 5.83. The molecule has 3 atom stereocenters. The van der Waals surface area contributed by atoms with Gasteiger partial charge in [-0.05, 0) is 19.3 Å². The van der Waals surface area contributed by atoms with Gasteiger partial charge in [-0.1, -0.05) is 12.1 Å². The van der Waals surface area contributed by atoms with Crippen LogP contribution in [-0.2, 0) is 4.79 Å². The molecule has 1 aromatic rings. The summed E-state index contributed by atoms with van der Waals surface area (Å²) in [6.07, 6.45) is 0.953. The van der Waals surface area contributed by atoms with Crippen LogP contribution in [-0.4, -0.2) is 76.7 Å². The number of likely N-dealkylation sites (tertiary alicyclic amines) is 2. The van der Waals surface area contributed by atoms with E-state index < -0.39 is 24.7 Å². The van der Waals surface area contributed by atoms with Crippen LogP contribution in [0.1, 0.15) is 62.7 Å². The van der Waals surface area contributed by atoms with Gasteiger partial charge in [-0.2, -0.15) is 4.98 Å². The molecule has 162 valence electrons. The second kappa shape index (κ2) is 8.22. The van der Waals surface area contributed by atoms with Crippen molar-refractivity contribution in [1.82, 2.24) is 25.3 Å². The number of alkyl halides is 3. The Labute approximate surface area is 168 Å². The van der Waals surface area contributed by atoms with Crippen molar-refractivity contribution in [3.8, 4) is 0 Å². The minimum absolute atomic E-state index is 0.0760. The van der Waals surface area contributed by atoms with E-state index in [2.05, 4.69) is 15.5 Å². The Morgan fingerprint density at radius 3 is 2.72 bits per heavy atom. The van der Waals surface area contributed by atoms with Gasteiger partial charge in [0.25, 0.3) is 5.92 Å². The Balaban J connectivity index is 1.37. The van der Waals surface area contributed by atoms with Crippen molar-refractivity contribution in [2.24, 2.45) is 0 Å². The van der Waals surface area contributed by atoms with E-state index in [-0.39, 0.29) is 37.4 Å². The topological polar surface area (TPSA) is 74.5 Å². The molecule has 4 heterocycles. The maximum absolute atomic E-state index is 14.4. The molecule has 0 aliphatic carbocycles. The van der Waals surface area contributed by atoms with Crippen LogP contribution < -0.4 is 5.32 Å². The molecule has 3 fully saturated rings. The summed E-state index contributed by atoms with van der Waals surface area (Å²) in [4.78, 5) is 19.8. The first-order valence-electron chi connectivity index (χ1n) is 10.5. The van der Waals surface area contributed by atoms with Gasteiger partial charge >= 0.3 is 0 Å². The Bertz CT molecular complexity index is 722. The van der Waals surface area contributed by atoms with Gasteiger partial charge in [-0.25, -0.2) is 13.2 Å². The second-order valence-corrected chi connectivity index (χ2v) is 8.36. The molecule has 10 heteroatoms. The molecule has 1 amide bonds. The number of piperidine rings is 2. The number of hydrogen-bond acceptors (Lipinski definition) is 6. The van der Waals surface area contributed by atoms with E-state index in [9.17, 15) is 18.0 Å². The molecule has 1 N–H and O–H groups in total. The highest BCUT2D eigenvalue weighted by atomic mass is 19.3. The van der Waals surface area contributed by atoms with E-state index in [1.54, 1.807) is 4.90 Å². The lowest BCUT2D eigenvalue weighted by atomic mass is 9.95. The van der Waals surface area contributed by atoms with Crippen molar-refractivity contribution in [2.75, 3.05) is 32.7 Å². The SMILES string of the molecule is CCC(=O)N1CCC(c2noc(C3CC(N4CCC(F)(F)C4)C(F)CN3)n2)CC1. The second-order valence-electron chi connectivity index (χ2n) is 8.36. The highest BCUT2D eigenvalue weighted by molar-refractivity contribution is 5.75. The third kappa shape index (κ3) is 4.42. The van der Waals surface area contributed by atoms with E-state index >= 15 is 0 Å². The van der Waals surface area contributed by atoms with E-state index in [4.69, 9.17) is 4.52 Å². The molecule has 0 saturated carbocycles. The molecule has 29 heavy (non-hydrogen) atoms. The van der Waals surface area contributed by atoms with Gasteiger partial charge in [0.05, 0.1) is 12.6 Å². The minimum Gasteiger partial charge on any atom is -0.343 e. The van der Waals surface area contributed by atoms with Crippen LogP contribution in [0.15, 0.2) is 4.52 Å². The molecule has 0 radical (unpaired) electrons. The molecule has 0 spiro atoms. The van der Waals surface area contributed by atoms with Crippen LogP contribution in [0.5, 0.6) is 0 Å². The summed E-state index contributed by atoms with van der Waals surface area (Å²) in [5.41, 5.74) is 0. The molecule has 1 aromatic heterocycles. The van der Waals surface area contributed by atoms with E-state index in [1.807, 2.05) is 11.8 Å². The monoisotopic (exact) mass is 415 g/mol. The van der Waals surface area contributed by atoms with Crippen molar-refractivity contribution in [3.63, 3.8) is 0 Å². The summed E-state index contributed by atoms with van der Waals surface area (Å²) >= 11 is 0. The maximum Gasteiger partial charge on any atom is 0.261 e. The lowest BCUT2D eigenvalue weighted by molar-refractivity contribution is -0.131. The third-order valence-corrected chi connectivity index (χ3v) is 6.39. The van der Waals surface area contributed by atoms with Gasteiger partial charge < -0.3 is 14.7 Å². The van der Waals surface area contributed by atoms with Crippen molar-refractivity contribution >= 4 is 5.91 Å². The van der Waals surface area contributed by atoms with E-state index in [0.29, 0.717) is 37.6 Å². The summed E-state index contributed by atoms with van der Waals surface area (Å²) in [6, 6.07) is -0.919. The smallest absolute Gasteiger partial charge is 0.261 e. The third-order valence-electron chi connectivity index (χ3n) is 6.39. The molecule has 3 unspecified atom stereocenters. The number of halogens is 3. The predicted octanol–water partition coefficient (Wildman–Crippen LogP) is 2.27. The summed E-state index contributed by atoms with van der Waals surface area (Å²) in [5, 5.41) is 7.18. The summed E-state index contributed by atoms with van der Waals surface area (Å²) in [6.45, 7) is 3.10. The highest BCUT2D eigenvalue weighted by Crippen LogP contribution is 2.35. The number of amides is 1. The summed E-state index contributed by atoms with van der Waals surface area (Å²) < 4.78 is 47.0. The fourth-order valence-electron chi connectivity index (χ4n) is 4.64. The van der Waals surface area contributed by atoms with Crippen molar-refractivity contribution in [3.05, 3.63) is 11.7 Å². The van der Waals surface area contributed by atoms with Crippen LogP contribution in [0.2, 0.25) is 0 Å². The van der Waals surface area contributed by atoms with E-state index in [0.717, 1.165) is 12.8 Å². The van der Waals surface area contributed by atoms with Crippen molar-refractivity contribution in [1.29, 1.82) is 0 Å². The van der Waals surface area contributed by atoms with Gasteiger partial charge in [0, 0.05) is 51.0 Å². The lowest BCUT2D eigenvalue weighted by Crippen LogP contribution is -2.52. The number of aromatic nitrogens is 2. The van der Waals surface area contributed by atoms with Gasteiger partial charge in [0.1, 0.15) is 6.17 Å². The molecule has 3 saturated heterocycles. The Morgan fingerprint density at radius 1 is 1.31 bits per heavy atom. The predicted molar refractivity (Wildman–Crippen MR) is 98.3 cm³/mol. The average Bonchev–Trinajstić information content (AvgIpc) is 3.34. The summed E-state index contributed by atoms with van der Waals surface area (Å²) in [7, 11) is 0. The number of nitrogens with zero attached hydrogens (tertiary/aromatic N) is 4. The van der Waals surface area contributed by atoms with Crippen LogP contribution in [0.4, 0.5) is 13.2 Å². The first kappa shape index (κ1) is 20.6. The van der Waals surface area contributed by atoms with Gasteiger partial charge in [0.15, 0.2) is 5.82 Å². The van der Waals surface area contributed by atoms with Crippen LogP contribution in [0.3, 0.4) is 0 Å². The number of hydrogen-bond donors (Lipinski definition) is 1. The molecule has 3 aliphatic heterocycles. The molecule has 7 nitrogen and oxygen atoms in total. The van der Waals surface area contributed by atoms with Crippen LogP contribution in [0, 0.1) is 0 Å². The number of nitrogens with one attached hydrogen (secondary N) is 1. The van der Waals surface area contributed by atoms with E-state index in [1.165, 1.54) is 0 Å². The largest absolute Gasteiger partial charge is 0.343 e. The zero-order chi connectivity index (χ0) is 20.6. The number of carbonyl (C=O) groups is 1. The summed E-state index contributed by atoms with van der Waals surface area (Å²) in [5.74, 6) is -1.47. The zero-order valence-corrected chi connectivity index (χ0v) is 16.6. The number of carbonyl (C=O) groups excluding carboxylic acids is 1. The van der Waals surface area contributed by atoms with Gasteiger partial charge in [0.2, 0.25) is 11.8 Å². The average molecular weight is 415 g/mol. The first-order chi connectivity index (χ1) is 13.9. The fraction of sp³-hybridized carbons (Fsp3) is 0.842. The van der Waals surface area contributed by atoms with Crippen molar-refractivity contribution in [2.45, 2.75) is 69.1 Å². The first-order valence-corrected chi connectivity index (χ1v) is 10.5. The molecular weight excluding hydrogens is 387 g/mol. The molecule has 0 bridgehead atoms. The molecule has 4 rings (SSSR count). The van der Waals surface area contributed by atoms with Crippen molar-refractivity contribution < 1.29 is 22.5 Å². The normalized spacial score (nSPS) is 31.3.